The van der Waals surface area contributed by atoms with Crippen LogP contribution in [0.2, 0.25) is 36.3 Å². The van der Waals surface area contributed by atoms with E-state index >= 15 is 4.79 Å². The number of nitrogens with zero attached hydrogens (tertiary/aromatic N) is 1. The molecule has 3 aromatic carbocycles. The number of aliphatic hydroxyl groups excluding tert-OH is 1. The number of rotatable bonds is 15. The lowest BCUT2D eigenvalue weighted by Crippen LogP contribution is -2.58. The van der Waals surface area contributed by atoms with Gasteiger partial charge in [0.2, 0.25) is 5.91 Å². The van der Waals surface area contributed by atoms with Crippen LogP contribution in [0, 0.1) is 13.8 Å². The van der Waals surface area contributed by atoms with Crippen molar-refractivity contribution in [2.45, 2.75) is 156 Å². The lowest BCUT2D eigenvalue weighted by Gasteiger charge is -2.46. The molecule has 2 amide bonds. The normalized spacial score (nSPS) is 16.7. The minimum atomic E-state index is -2.50. The number of carbonyl (C=O) groups is 2. The van der Waals surface area contributed by atoms with Crippen molar-refractivity contribution < 1.29 is 42.5 Å². The number of nitrogens with one attached hydrogen (secondary N) is 1. The van der Waals surface area contributed by atoms with Crippen LogP contribution < -0.4 is 23.6 Å². The largest absolute Gasteiger partial charge is 0.541 e. The minimum absolute atomic E-state index is 0.0789. The first kappa shape index (κ1) is 49.6. The number of methoxy groups -OCH3 is 2. The van der Waals surface area contributed by atoms with E-state index in [2.05, 4.69) is 79.1 Å². The summed E-state index contributed by atoms with van der Waals surface area (Å²) in [5.74, 6) is 2.00. The fourth-order valence-corrected chi connectivity index (χ4v) is 9.20. The van der Waals surface area contributed by atoms with Crippen LogP contribution in [0.3, 0.4) is 0 Å². The van der Waals surface area contributed by atoms with Crippen molar-refractivity contribution in [2.75, 3.05) is 27.4 Å². The van der Waals surface area contributed by atoms with Crippen LogP contribution in [-0.4, -0.2) is 83.8 Å². The highest BCUT2D eigenvalue weighted by Gasteiger charge is 2.46. The number of alkyl carbamates (subject to hydrolysis) is 1. The third kappa shape index (κ3) is 11.9. The van der Waals surface area contributed by atoms with E-state index < -0.39 is 52.4 Å². The van der Waals surface area contributed by atoms with E-state index in [1.165, 1.54) is 0 Å². The highest BCUT2D eigenvalue weighted by Crippen LogP contribution is 2.50. The molecule has 1 heterocycles. The average molecular weight is 879 g/mol. The molecule has 2 N–H and O–H groups in total. The zero-order valence-electron chi connectivity index (χ0n) is 40.0. The molecule has 1 aliphatic heterocycles. The zero-order valence-corrected chi connectivity index (χ0v) is 42.0. The highest BCUT2D eigenvalue weighted by molar-refractivity contribution is 6.75. The predicted molar refractivity (Wildman–Crippen MR) is 248 cm³/mol. The molecule has 0 aliphatic carbocycles. The first-order chi connectivity index (χ1) is 28.1. The van der Waals surface area contributed by atoms with Gasteiger partial charge in [0.25, 0.3) is 16.6 Å². The number of hydrogen-bond acceptors (Lipinski definition) is 9. The number of benzene rings is 3. The van der Waals surface area contributed by atoms with Crippen LogP contribution in [0.25, 0.3) is 0 Å². The fraction of sp³-hybridized carbons (Fsp3) is 0.583. The van der Waals surface area contributed by atoms with Crippen molar-refractivity contribution in [2.24, 2.45) is 0 Å². The second-order valence-electron chi connectivity index (χ2n) is 20.5. The van der Waals surface area contributed by atoms with E-state index in [0.717, 1.165) is 33.4 Å². The summed E-state index contributed by atoms with van der Waals surface area (Å²) >= 11 is 0. The molecule has 0 spiro atoms. The first-order valence-electron chi connectivity index (χ1n) is 21.4. The number of amides is 2. The molecule has 0 saturated heterocycles. The number of carbonyl (C=O) groups excluding carboxylic acids is 2. The number of ether oxygens (including phenoxy) is 4. The fourth-order valence-electron chi connectivity index (χ4n) is 7.17. The molecule has 61 heavy (non-hydrogen) atoms. The number of fused-ring (bicyclic) bond motifs is 1. The van der Waals surface area contributed by atoms with Gasteiger partial charge in [-0.3, -0.25) is 4.79 Å². The second-order valence-corrected chi connectivity index (χ2v) is 30.0. The molecule has 0 bridgehead atoms. The van der Waals surface area contributed by atoms with E-state index in [0.29, 0.717) is 36.0 Å². The molecule has 11 nitrogen and oxygen atoms in total. The predicted octanol–water partition coefficient (Wildman–Crippen LogP) is 10.2. The van der Waals surface area contributed by atoms with Gasteiger partial charge in [-0.25, -0.2) is 4.79 Å². The third-order valence-electron chi connectivity index (χ3n) is 12.4. The maximum absolute atomic E-state index is 15.6. The van der Waals surface area contributed by atoms with Gasteiger partial charge in [-0.05, 0) is 111 Å². The molecule has 3 atom stereocenters. The molecule has 13 heteroatoms. The van der Waals surface area contributed by atoms with Gasteiger partial charge in [0, 0.05) is 12.0 Å². The van der Waals surface area contributed by atoms with Crippen molar-refractivity contribution >= 4 is 28.6 Å². The molecule has 3 aromatic rings. The Bertz CT molecular complexity index is 2000. The Morgan fingerprint density at radius 2 is 1.38 bits per heavy atom. The maximum atomic E-state index is 15.6. The molecular weight excluding hydrogens is 805 g/mol. The monoisotopic (exact) mass is 878 g/mol. The van der Waals surface area contributed by atoms with Gasteiger partial charge in [0.15, 0.2) is 17.2 Å². The smallest absolute Gasteiger partial charge is 0.408 e. The Kier molecular flexibility index (Phi) is 15.6. The Morgan fingerprint density at radius 3 is 1.92 bits per heavy atom. The molecule has 4 rings (SSSR count). The SMILES string of the molecule is COc1c(C)cc(C[C@H](NC(=O)OC(C)(C)C)C(=O)N2[C@H](CO)Cc3cc(C)c(OC)c(O[Si](C)(C)C(C)(C)C)c3[C@@H]2COCc2ccccc2)cc1O[Si](C)(C)C(C)(C)C. The summed E-state index contributed by atoms with van der Waals surface area (Å²) in [4.78, 5) is 31.0. The zero-order chi connectivity index (χ0) is 45.9. The van der Waals surface area contributed by atoms with Crippen molar-refractivity contribution in [1.82, 2.24) is 10.2 Å². The number of aryl methyl sites for hydroxylation is 2. The summed E-state index contributed by atoms with van der Waals surface area (Å²) in [5.41, 5.74) is 4.36. The standard InChI is InChI=1S/C48H74N2O9Si2/c1-31-23-34(26-39(41(31)54-12)58-60(14,15)47(6,7)8)25-37(49-45(53)57-46(3,4)5)44(52)50-36(28-51)27-35-24-32(2)42(55-13)43(59-61(16,17)48(9,10)11)40(35)38(50)30-56-29-33-21-19-18-20-22-33/h18-24,26,36-38,51H,25,27-30H2,1-17H3,(H,49,53)/t36-,37-,38-/m0/s1. The van der Waals surface area contributed by atoms with Gasteiger partial charge in [-0.15, -0.1) is 0 Å². The van der Waals surface area contributed by atoms with Crippen LogP contribution in [0.5, 0.6) is 23.0 Å². The summed E-state index contributed by atoms with van der Waals surface area (Å²) < 4.78 is 38.3. The first-order valence-corrected chi connectivity index (χ1v) is 27.3. The lowest BCUT2D eigenvalue weighted by atomic mass is 9.85. The molecule has 0 saturated carbocycles. The van der Waals surface area contributed by atoms with Gasteiger partial charge in [-0.1, -0.05) is 84.0 Å². The summed E-state index contributed by atoms with van der Waals surface area (Å²) in [5, 5.41) is 13.9. The van der Waals surface area contributed by atoms with Crippen LogP contribution in [0.4, 0.5) is 4.79 Å². The summed E-state index contributed by atoms with van der Waals surface area (Å²) in [6.07, 6.45) is -0.292. The lowest BCUT2D eigenvalue weighted by molar-refractivity contribution is -0.143. The Hall–Kier alpha value is -4.05. The Labute approximate surface area is 368 Å². The maximum Gasteiger partial charge on any atom is 0.408 e. The second kappa shape index (κ2) is 19.1. The van der Waals surface area contributed by atoms with Crippen molar-refractivity contribution in [1.29, 1.82) is 0 Å². The number of hydrogen-bond donors (Lipinski definition) is 2. The van der Waals surface area contributed by atoms with Crippen LogP contribution >= 0.6 is 0 Å². The van der Waals surface area contributed by atoms with E-state index in [-0.39, 0.29) is 29.7 Å². The van der Waals surface area contributed by atoms with Gasteiger partial charge < -0.3 is 43.1 Å². The van der Waals surface area contributed by atoms with Crippen LogP contribution in [-0.2, 0) is 33.7 Å². The van der Waals surface area contributed by atoms with Gasteiger partial charge in [0.1, 0.15) is 17.4 Å². The average Bonchev–Trinajstić information content (AvgIpc) is 3.12. The highest BCUT2D eigenvalue weighted by atomic mass is 28.4. The van der Waals surface area contributed by atoms with E-state index in [4.69, 9.17) is 27.8 Å². The van der Waals surface area contributed by atoms with E-state index in [1.54, 1.807) is 39.9 Å². The summed E-state index contributed by atoms with van der Waals surface area (Å²) in [6, 6.07) is 13.3. The third-order valence-corrected chi connectivity index (χ3v) is 21.1. The molecule has 338 valence electrons. The van der Waals surface area contributed by atoms with Crippen molar-refractivity contribution in [3.63, 3.8) is 0 Å². The van der Waals surface area contributed by atoms with Crippen molar-refractivity contribution in [3.05, 3.63) is 81.9 Å². The van der Waals surface area contributed by atoms with Gasteiger partial charge in [-0.2, -0.15) is 0 Å². The van der Waals surface area contributed by atoms with Crippen LogP contribution in [0.15, 0.2) is 48.5 Å². The number of aliphatic hydroxyl groups is 1. The minimum Gasteiger partial charge on any atom is -0.541 e. The molecular formula is C48H74N2O9Si2. The molecule has 0 unspecified atom stereocenters. The Morgan fingerprint density at radius 1 is 0.803 bits per heavy atom. The molecule has 0 radical (unpaired) electrons. The van der Waals surface area contributed by atoms with Crippen LogP contribution in [0.1, 0.15) is 102 Å². The van der Waals surface area contributed by atoms with E-state index in [1.807, 2.05) is 56.3 Å². The molecule has 0 fully saturated rings. The van der Waals surface area contributed by atoms with Crippen molar-refractivity contribution in [3.8, 4) is 23.0 Å². The van der Waals surface area contributed by atoms with E-state index in [9.17, 15) is 9.90 Å². The Balaban J connectivity index is 1.94. The topological polar surface area (TPSA) is 125 Å². The molecule has 1 aliphatic rings. The summed E-state index contributed by atoms with van der Waals surface area (Å²) in [6.45, 7) is 31.1. The summed E-state index contributed by atoms with van der Waals surface area (Å²) in [7, 11) is -1.56. The van der Waals surface area contributed by atoms with Gasteiger partial charge in [0.05, 0.1) is 46.1 Å². The molecule has 0 aromatic heterocycles. The van der Waals surface area contributed by atoms with Gasteiger partial charge >= 0.3 is 6.09 Å². The quantitative estimate of drug-likeness (QED) is 0.144.